The minimum atomic E-state index is -0.468. The van der Waals surface area contributed by atoms with Crippen LogP contribution in [0.15, 0.2) is 69.0 Å². The van der Waals surface area contributed by atoms with Crippen LogP contribution < -0.4 is 5.32 Å². The molecule has 0 aliphatic carbocycles. The molecule has 1 unspecified atom stereocenters. The van der Waals surface area contributed by atoms with Gasteiger partial charge in [0.1, 0.15) is 5.69 Å². The molecule has 0 spiro atoms. The van der Waals surface area contributed by atoms with E-state index in [2.05, 4.69) is 20.5 Å². The molecule has 1 N–H and O–H groups in total. The molecule has 7 nitrogen and oxygen atoms in total. The number of hydrogen-bond donors (Lipinski definition) is 1. The molecule has 9 heteroatoms. The smallest absolute Gasteiger partial charge is 0.237 e. The summed E-state index contributed by atoms with van der Waals surface area (Å²) in [5, 5.41) is 11.8. The van der Waals surface area contributed by atoms with Gasteiger partial charge in [-0.3, -0.25) is 4.79 Å². The van der Waals surface area contributed by atoms with Gasteiger partial charge in [-0.05, 0) is 55.8 Å². The molecule has 3 heterocycles. The number of anilines is 1. The average Bonchev–Trinajstić information content (AvgIpc) is 3.45. The standard InChI is InChI=1S/C21H17ClN4O3S/c1-12-14(22)6-3-7-15(12)23-20(27)13(2)30-21-24-18(16-8-4-10-28-16)19(25-26-21)17-9-5-11-29-17/h3-11,13H,1-2H3,(H,23,27). The molecular weight excluding hydrogens is 424 g/mol. The summed E-state index contributed by atoms with van der Waals surface area (Å²) in [7, 11) is 0. The summed E-state index contributed by atoms with van der Waals surface area (Å²) in [6.45, 7) is 3.63. The van der Waals surface area contributed by atoms with E-state index < -0.39 is 5.25 Å². The van der Waals surface area contributed by atoms with Crippen molar-refractivity contribution in [3.63, 3.8) is 0 Å². The maximum absolute atomic E-state index is 12.7. The summed E-state index contributed by atoms with van der Waals surface area (Å²) in [4.78, 5) is 17.2. The van der Waals surface area contributed by atoms with Crippen molar-refractivity contribution in [2.45, 2.75) is 24.3 Å². The Hall–Kier alpha value is -3.10. The fourth-order valence-electron chi connectivity index (χ4n) is 2.71. The number of aromatic nitrogens is 3. The summed E-state index contributed by atoms with van der Waals surface area (Å²) < 4.78 is 10.9. The highest BCUT2D eigenvalue weighted by atomic mass is 35.5. The molecule has 1 amide bonds. The molecule has 0 bridgehead atoms. The summed E-state index contributed by atoms with van der Waals surface area (Å²) in [5.74, 6) is 0.869. The normalized spacial score (nSPS) is 12.0. The van der Waals surface area contributed by atoms with E-state index in [9.17, 15) is 4.79 Å². The zero-order valence-electron chi connectivity index (χ0n) is 16.1. The summed E-state index contributed by atoms with van der Waals surface area (Å²) >= 11 is 7.33. The number of amides is 1. The second-order valence-electron chi connectivity index (χ2n) is 6.41. The van der Waals surface area contributed by atoms with E-state index in [-0.39, 0.29) is 5.91 Å². The van der Waals surface area contributed by atoms with Crippen LogP contribution in [-0.2, 0) is 4.79 Å². The lowest BCUT2D eigenvalue weighted by Gasteiger charge is -2.13. The lowest BCUT2D eigenvalue weighted by molar-refractivity contribution is -0.115. The third-order valence-corrected chi connectivity index (χ3v) is 5.71. The van der Waals surface area contributed by atoms with Gasteiger partial charge in [0.2, 0.25) is 11.1 Å². The number of thioether (sulfide) groups is 1. The van der Waals surface area contributed by atoms with E-state index in [1.165, 1.54) is 11.8 Å². The first kappa shape index (κ1) is 20.2. The number of nitrogens with one attached hydrogen (secondary N) is 1. The van der Waals surface area contributed by atoms with Gasteiger partial charge >= 0.3 is 0 Å². The topological polar surface area (TPSA) is 94.1 Å². The van der Waals surface area contributed by atoms with Gasteiger partial charge in [0.25, 0.3) is 0 Å². The van der Waals surface area contributed by atoms with Gasteiger partial charge in [-0.2, -0.15) is 0 Å². The summed E-state index contributed by atoms with van der Waals surface area (Å²) in [5.41, 5.74) is 2.44. The third-order valence-electron chi connectivity index (χ3n) is 4.35. The van der Waals surface area contributed by atoms with E-state index >= 15 is 0 Å². The maximum Gasteiger partial charge on any atom is 0.237 e. The SMILES string of the molecule is Cc1c(Cl)cccc1NC(=O)C(C)Sc1nnc(-c2ccco2)c(-c2ccco2)n1. The summed E-state index contributed by atoms with van der Waals surface area (Å²) in [6, 6.07) is 12.5. The monoisotopic (exact) mass is 440 g/mol. The van der Waals surface area contributed by atoms with Gasteiger partial charge in [0, 0.05) is 10.7 Å². The van der Waals surface area contributed by atoms with Crippen LogP contribution in [-0.4, -0.2) is 26.3 Å². The van der Waals surface area contributed by atoms with Crippen LogP contribution in [0.25, 0.3) is 22.9 Å². The van der Waals surface area contributed by atoms with Crippen molar-refractivity contribution in [3.8, 4) is 22.9 Å². The van der Waals surface area contributed by atoms with E-state index in [1.54, 1.807) is 55.8 Å². The van der Waals surface area contributed by atoms with Crippen molar-refractivity contribution < 1.29 is 13.6 Å². The maximum atomic E-state index is 12.7. The molecule has 4 aromatic rings. The van der Waals surface area contributed by atoms with E-state index in [1.807, 2.05) is 13.0 Å². The van der Waals surface area contributed by atoms with E-state index in [4.69, 9.17) is 20.4 Å². The molecule has 1 aromatic carbocycles. The van der Waals surface area contributed by atoms with Gasteiger partial charge in [0.05, 0.1) is 17.8 Å². The van der Waals surface area contributed by atoms with Crippen LogP contribution in [0.4, 0.5) is 5.69 Å². The Kier molecular flexibility index (Phi) is 5.87. The number of nitrogens with zero attached hydrogens (tertiary/aromatic N) is 3. The van der Waals surface area contributed by atoms with Crippen molar-refractivity contribution in [2.24, 2.45) is 0 Å². The Morgan fingerprint density at radius 1 is 1.03 bits per heavy atom. The number of benzene rings is 1. The average molecular weight is 441 g/mol. The summed E-state index contributed by atoms with van der Waals surface area (Å²) in [6.07, 6.45) is 3.11. The molecule has 30 heavy (non-hydrogen) atoms. The highest BCUT2D eigenvalue weighted by molar-refractivity contribution is 8.00. The van der Waals surface area contributed by atoms with Crippen LogP contribution in [0.3, 0.4) is 0 Å². The Balaban J connectivity index is 1.56. The van der Waals surface area contributed by atoms with Crippen molar-refractivity contribution in [1.29, 1.82) is 0 Å². The Morgan fingerprint density at radius 3 is 2.40 bits per heavy atom. The van der Waals surface area contributed by atoms with Crippen LogP contribution in [0, 0.1) is 6.92 Å². The minimum Gasteiger partial charge on any atom is -0.463 e. The molecule has 0 saturated carbocycles. The number of hydrogen-bond acceptors (Lipinski definition) is 7. The molecular formula is C21H17ClN4O3S. The van der Waals surface area contributed by atoms with Crippen molar-refractivity contribution in [2.75, 3.05) is 5.32 Å². The Morgan fingerprint density at radius 2 is 1.73 bits per heavy atom. The van der Waals surface area contributed by atoms with Gasteiger partial charge < -0.3 is 14.2 Å². The fraction of sp³-hybridized carbons (Fsp3) is 0.143. The molecule has 3 aromatic heterocycles. The molecule has 0 aliphatic rings. The zero-order valence-corrected chi connectivity index (χ0v) is 17.7. The zero-order chi connectivity index (χ0) is 21.1. The molecule has 0 radical (unpaired) electrons. The first-order chi connectivity index (χ1) is 14.5. The number of rotatable bonds is 6. The van der Waals surface area contributed by atoms with Crippen LogP contribution in [0.2, 0.25) is 5.02 Å². The molecule has 0 aliphatic heterocycles. The predicted octanol–water partition coefficient (Wildman–Crippen LogP) is 5.47. The predicted molar refractivity (Wildman–Crippen MR) is 115 cm³/mol. The van der Waals surface area contributed by atoms with Crippen LogP contribution in [0.5, 0.6) is 0 Å². The van der Waals surface area contributed by atoms with Crippen molar-refractivity contribution in [1.82, 2.24) is 15.2 Å². The second-order valence-corrected chi connectivity index (χ2v) is 8.12. The van der Waals surface area contributed by atoms with Crippen LogP contribution >= 0.6 is 23.4 Å². The van der Waals surface area contributed by atoms with Crippen molar-refractivity contribution in [3.05, 3.63) is 65.6 Å². The minimum absolute atomic E-state index is 0.191. The first-order valence-electron chi connectivity index (χ1n) is 9.08. The second kappa shape index (κ2) is 8.73. The fourth-order valence-corrected chi connectivity index (χ4v) is 3.60. The van der Waals surface area contributed by atoms with Crippen molar-refractivity contribution >= 4 is 35.0 Å². The Labute approximate surface area is 181 Å². The number of furan rings is 2. The molecule has 152 valence electrons. The molecule has 1 atom stereocenters. The third kappa shape index (κ3) is 4.24. The highest BCUT2D eigenvalue weighted by Gasteiger charge is 2.21. The van der Waals surface area contributed by atoms with Gasteiger partial charge in [-0.15, -0.1) is 10.2 Å². The van der Waals surface area contributed by atoms with Crippen LogP contribution in [0.1, 0.15) is 12.5 Å². The molecule has 0 saturated heterocycles. The largest absolute Gasteiger partial charge is 0.463 e. The van der Waals surface area contributed by atoms with Gasteiger partial charge in [-0.25, -0.2) is 4.98 Å². The first-order valence-corrected chi connectivity index (χ1v) is 10.3. The van der Waals surface area contributed by atoms with Gasteiger partial charge in [-0.1, -0.05) is 29.4 Å². The lowest BCUT2D eigenvalue weighted by Crippen LogP contribution is -2.23. The van der Waals surface area contributed by atoms with E-state index in [0.717, 1.165) is 5.56 Å². The quantitative estimate of drug-likeness (QED) is 0.397. The lowest BCUT2D eigenvalue weighted by atomic mass is 10.2. The molecule has 4 rings (SSSR count). The number of carbonyl (C=O) groups is 1. The molecule has 0 fully saturated rings. The Bertz CT molecular complexity index is 1160. The van der Waals surface area contributed by atoms with Gasteiger partial charge in [0.15, 0.2) is 17.2 Å². The number of carbonyl (C=O) groups excluding carboxylic acids is 1. The number of halogens is 1. The highest BCUT2D eigenvalue weighted by Crippen LogP contribution is 2.31. The van der Waals surface area contributed by atoms with E-state index in [0.29, 0.717) is 38.8 Å².